The molecule has 0 spiro atoms. The highest BCUT2D eigenvalue weighted by molar-refractivity contribution is 5.57. The van der Waals surface area contributed by atoms with E-state index in [1.807, 2.05) is 0 Å². The van der Waals surface area contributed by atoms with Crippen LogP contribution in [0.25, 0.3) is 0 Å². The topological polar surface area (TPSA) is 23.5 Å². The maximum atomic E-state index is 9.53. The standard InChI is InChI=1S/C15H21NO/c17-14-7-5-12(6-8-14)11-16-10-9-13-3-1-2-4-15(13)16/h1-4,12,14,17H,5-11H2. The third-order valence-corrected chi connectivity index (χ3v) is 4.28. The molecular formula is C15H21NO. The molecule has 2 heteroatoms. The highest BCUT2D eigenvalue weighted by Gasteiger charge is 2.24. The van der Waals surface area contributed by atoms with Crippen molar-refractivity contribution in [2.45, 2.75) is 38.2 Å². The molecule has 1 aliphatic carbocycles. The van der Waals surface area contributed by atoms with E-state index in [0.717, 1.165) is 18.8 Å². The number of para-hydroxylation sites is 1. The van der Waals surface area contributed by atoms with E-state index >= 15 is 0 Å². The third kappa shape index (κ3) is 2.32. The Morgan fingerprint density at radius 2 is 1.88 bits per heavy atom. The molecule has 0 saturated heterocycles. The number of fused-ring (bicyclic) bond motifs is 1. The Hall–Kier alpha value is -1.02. The van der Waals surface area contributed by atoms with Crippen LogP contribution in [0.3, 0.4) is 0 Å². The SMILES string of the molecule is OC1CCC(CN2CCc3ccccc32)CC1. The summed E-state index contributed by atoms with van der Waals surface area (Å²) in [5.41, 5.74) is 2.95. The second kappa shape index (κ2) is 4.69. The zero-order chi connectivity index (χ0) is 11.7. The molecule has 1 aromatic rings. The average molecular weight is 231 g/mol. The van der Waals surface area contributed by atoms with E-state index in [4.69, 9.17) is 0 Å². The number of rotatable bonds is 2. The van der Waals surface area contributed by atoms with Crippen molar-refractivity contribution < 1.29 is 5.11 Å². The molecular weight excluding hydrogens is 210 g/mol. The van der Waals surface area contributed by atoms with Gasteiger partial charge in [0.25, 0.3) is 0 Å². The zero-order valence-corrected chi connectivity index (χ0v) is 10.3. The van der Waals surface area contributed by atoms with Crippen molar-refractivity contribution in [1.82, 2.24) is 0 Å². The zero-order valence-electron chi connectivity index (χ0n) is 10.3. The summed E-state index contributed by atoms with van der Waals surface area (Å²) >= 11 is 0. The predicted octanol–water partition coefficient (Wildman–Crippen LogP) is 2.60. The minimum Gasteiger partial charge on any atom is -0.393 e. The summed E-state index contributed by atoms with van der Waals surface area (Å²) in [6.45, 7) is 2.36. The Balaban J connectivity index is 1.64. The Morgan fingerprint density at radius 3 is 2.71 bits per heavy atom. The second-order valence-electron chi connectivity index (χ2n) is 5.50. The van der Waals surface area contributed by atoms with Gasteiger partial charge in [0.15, 0.2) is 0 Å². The molecule has 0 amide bonds. The molecule has 1 aromatic carbocycles. The van der Waals surface area contributed by atoms with Crippen molar-refractivity contribution in [1.29, 1.82) is 0 Å². The molecule has 1 N–H and O–H groups in total. The molecule has 2 nitrogen and oxygen atoms in total. The Labute approximate surface area is 103 Å². The van der Waals surface area contributed by atoms with Crippen LogP contribution < -0.4 is 4.90 Å². The van der Waals surface area contributed by atoms with E-state index in [1.54, 1.807) is 0 Å². The fourth-order valence-corrected chi connectivity index (χ4v) is 3.24. The van der Waals surface area contributed by atoms with Gasteiger partial charge in [-0.15, -0.1) is 0 Å². The Bertz CT molecular complexity index is 382. The van der Waals surface area contributed by atoms with Gasteiger partial charge in [0, 0.05) is 18.8 Å². The number of hydrogen-bond donors (Lipinski definition) is 1. The molecule has 3 rings (SSSR count). The van der Waals surface area contributed by atoms with Crippen LogP contribution in [0.2, 0.25) is 0 Å². The predicted molar refractivity (Wildman–Crippen MR) is 70.3 cm³/mol. The van der Waals surface area contributed by atoms with Crippen molar-refractivity contribution in [3.8, 4) is 0 Å². The Kier molecular flexibility index (Phi) is 3.06. The van der Waals surface area contributed by atoms with Gasteiger partial charge in [0.05, 0.1) is 6.10 Å². The lowest BCUT2D eigenvalue weighted by molar-refractivity contribution is 0.110. The lowest BCUT2D eigenvalue weighted by atomic mass is 9.87. The van der Waals surface area contributed by atoms with E-state index in [2.05, 4.69) is 29.2 Å². The van der Waals surface area contributed by atoms with Gasteiger partial charge in [0.2, 0.25) is 0 Å². The van der Waals surface area contributed by atoms with Gasteiger partial charge in [-0.1, -0.05) is 18.2 Å². The number of nitrogens with zero attached hydrogens (tertiary/aromatic N) is 1. The van der Waals surface area contributed by atoms with Gasteiger partial charge >= 0.3 is 0 Å². The first-order valence-corrected chi connectivity index (χ1v) is 6.84. The summed E-state index contributed by atoms with van der Waals surface area (Å²) in [4.78, 5) is 2.54. The first kappa shape index (κ1) is 11.1. The molecule has 17 heavy (non-hydrogen) atoms. The summed E-state index contributed by atoms with van der Waals surface area (Å²) in [6, 6.07) is 8.78. The van der Waals surface area contributed by atoms with Crippen molar-refractivity contribution >= 4 is 5.69 Å². The number of benzene rings is 1. The van der Waals surface area contributed by atoms with Gasteiger partial charge in [-0.2, -0.15) is 0 Å². The van der Waals surface area contributed by atoms with Crippen molar-refractivity contribution in [2.24, 2.45) is 5.92 Å². The van der Waals surface area contributed by atoms with Crippen LogP contribution in [0.4, 0.5) is 5.69 Å². The Morgan fingerprint density at radius 1 is 1.12 bits per heavy atom. The molecule has 1 fully saturated rings. The van der Waals surface area contributed by atoms with Crippen molar-refractivity contribution in [3.05, 3.63) is 29.8 Å². The van der Waals surface area contributed by atoms with E-state index < -0.39 is 0 Å². The van der Waals surface area contributed by atoms with Crippen molar-refractivity contribution in [3.63, 3.8) is 0 Å². The van der Waals surface area contributed by atoms with Crippen LogP contribution in [0.15, 0.2) is 24.3 Å². The normalized spacial score (nSPS) is 28.2. The highest BCUT2D eigenvalue weighted by Crippen LogP contribution is 2.31. The molecule has 1 heterocycles. The maximum Gasteiger partial charge on any atom is 0.0540 e. The quantitative estimate of drug-likeness (QED) is 0.845. The number of aliphatic hydroxyl groups excluding tert-OH is 1. The summed E-state index contributed by atoms with van der Waals surface area (Å²) in [6.07, 6.45) is 5.56. The first-order chi connectivity index (χ1) is 8.33. The van der Waals surface area contributed by atoms with Gasteiger partial charge < -0.3 is 10.0 Å². The fourth-order valence-electron chi connectivity index (χ4n) is 3.24. The maximum absolute atomic E-state index is 9.53. The fraction of sp³-hybridized carbons (Fsp3) is 0.600. The molecule has 0 atom stereocenters. The van der Waals surface area contributed by atoms with Gasteiger partial charge in [-0.05, 0) is 49.7 Å². The number of aliphatic hydroxyl groups is 1. The summed E-state index contributed by atoms with van der Waals surface area (Å²) in [5, 5.41) is 9.53. The molecule has 1 saturated carbocycles. The van der Waals surface area contributed by atoms with E-state index in [1.165, 1.54) is 43.6 Å². The second-order valence-corrected chi connectivity index (χ2v) is 5.50. The van der Waals surface area contributed by atoms with E-state index in [9.17, 15) is 5.11 Å². The largest absolute Gasteiger partial charge is 0.393 e. The molecule has 2 aliphatic rings. The van der Waals surface area contributed by atoms with Crippen LogP contribution >= 0.6 is 0 Å². The molecule has 1 aliphatic heterocycles. The minimum atomic E-state index is -0.0304. The molecule has 0 unspecified atom stereocenters. The van der Waals surface area contributed by atoms with Gasteiger partial charge in [-0.25, -0.2) is 0 Å². The average Bonchev–Trinajstić information content (AvgIpc) is 2.76. The molecule has 0 aromatic heterocycles. The van der Waals surface area contributed by atoms with Crippen LogP contribution in [-0.4, -0.2) is 24.3 Å². The van der Waals surface area contributed by atoms with Crippen molar-refractivity contribution in [2.75, 3.05) is 18.0 Å². The highest BCUT2D eigenvalue weighted by atomic mass is 16.3. The lowest BCUT2D eigenvalue weighted by Gasteiger charge is -2.30. The van der Waals surface area contributed by atoms with Crippen LogP contribution in [0, 0.1) is 5.92 Å². The summed E-state index contributed by atoms with van der Waals surface area (Å²) < 4.78 is 0. The third-order valence-electron chi connectivity index (χ3n) is 4.28. The van der Waals surface area contributed by atoms with E-state index in [0.29, 0.717) is 0 Å². The smallest absolute Gasteiger partial charge is 0.0540 e. The summed E-state index contributed by atoms with van der Waals surface area (Å²) in [7, 11) is 0. The number of anilines is 1. The van der Waals surface area contributed by atoms with E-state index in [-0.39, 0.29) is 6.10 Å². The van der Waals surface area contributed by atoms with Crippen LogP contribution in [-0.2, 0) is 6.42 Å². The van der Waals surface area contributed by atoms with Crippen LogP contribution in [0.5, 0.6) is 0 Å². The molecule has 0 radical (unpaired) electrons. The summed E-state index contributed by atoms with van der Waals surface area (Å²) in [5.74, 6) is 0.782. The van der Waals surface area contributed by atoms with Crippen LogP contribution in [0.1, 0.15) is 31.2 Å². The monoisotopic (exact) mass is 231 g/mol. The van der Waals surface area contributed by atoms with Gasteiger partial charge in [0.1, 0.15) is 0 Å². The first-order valence-electron chi connectivity index (χ1n) is 6.84. The molecule has 92 valence electrons. The molecule has 0 bridgehead atoms. The lowest BCUT2D eigenvalue weighted by Crippen LogP contribution is -2.31. The number of hydrogen-bond acceptors (Lipinski definition) is 2. The minimum absolute atomic E-state index is 0.0304. The van der Waals surface area contributed by atoms with Gasteiger partial charge in [-0.3, -0.25) is 0 Å².